The number of anilines is 1. The van der Waals surface area contributed by atoms with Crippen LogP contribution < -0.4 is 5.32 Å². The van der Waals surface area contributed by atoms with Gasteiger partial charge in [0.2, 0.25) is 0 Å². The van der Waals surface area contributed by atoms with Crippen LogP contribution in [0.15, 0.2) is 18.3 Å². The monoisotopic (exact) mass is 238 g/mol. The highest BCUT2D eigenvalue weighted by Gasteiger charge is 2.28. The van der Waals surface area contributed by atoms with Gasteiger partial charge in [-0.2, -0.15) is 0 Å². The van der Waals surface area contributed by atoms with Crippen LogP contribution in [-0.2, 0) is 9.53 Å². The lowest BCUT2D eigenvalue weighted by Crippen LogP contribution is -2.39. The maximum absolute atomic E-state index is 11.8. The van der Waals surface area contributed by atoms with Crippen LogP contribution in [-0.4, -0.2) is 34.7 Å². The molecule has 1 aromatic heterocycles. The highest BCUT2D eigenvalue weighted by Crippen LogP contribution is 2.15. The fourth-order valence-corrected chi connectivity index (χ4v) is 1.03. The Labute approximate surface area is 98.6 Å². The van der Waals surface area contributed by atoms with E-state index in [1.165, 1.54) is 25.4 Å². The number of nitrogens with zero attached hydrogens (tertiary/aromatic N) is 1. The van der Waals surface area contributed by atoms with Crippen molar-refractivity contribution in [1.29, 1.82) is 0 Å². The lowest BCUT2D eigenvalue weighted by atomic mass is 10.1. The van der Waals surface area contributed by atoms with Gasteiger partial charge in [0.15, 0.2) is 0 Å². The SMILES string of the molecule is COC(C)(C)C(=O)Nc1ncccc1C(=O)O. The van der Waals surface area contributed by atoms with Crippen LogP contribution in [0.2, 0.25) is 0 Å². The Hall–Kier alpha value is -1.95. The smallest absolute Gasteiger partial charge is 0.339 e. The highest BCUT2D eigenvalue weighted by molar-refractivity contribution is 6.01. The molecule has 0 aromatic carbocycles. The molecule has 0 saturated carbocycles. The molecule has 6 nitrogen and oxygen atoms in total. The van der Waals surface area contributed by atoms with Crippen molar-refractivity contribution in [1.82, 2.24) is 4.98 Å². The van der Waals surface area contributed by atoms with Crippen LogP contribution in [0.5, 0.6) is 0 Å². The molecule has 0 saturated heterocycles. The third kappa shape index (κ3) is 3.01. The molecule has 17 heavy (non-hydrogen) atoms. The van der Waals surface area contributed by atoms with Crippen LogP contribution in [0.25, 0.3) is 0 Å². The molecule has 0 aliphatic heterocycles. The summed E-state index contributed by atoms with van der Waals surface area (Å²) in [5.74, 6) is -1.60. The molecular formula is C11H14N2O4. The van der Waals surface area contributed by atoms with Crippen molar-refractivity contribution in [3.63, 3.8) is 0 Å². The van der Waals surface area contributed by atoms with Gasteiger partial charge in [0.1, 0.15) is 17.0 Å². The molecule has 92 valence electrons. The van der Waals surface area contributed by atoms with E-state index in [1.54, 1.807) is 13.8 Å². The Morgan fingerprint density at radius 3 is 2.65 bits per heavy atom. The Kier molecular flexibility index (Phi) is 3.80. The van der Waals surface area contributed by atoms with Crippen molar-refractivity contribution in [2.24, 2.45) is 0 Å². The second-order valence-corrected chi connectivity index (χ2v) is 3.87. The Balaban J connectivity index is 2.97. The van der Waals surface area contributed by atoms with E-state index in [4.69, 9.17) is 9.84 Å². The van der Waals surface area contributed by atoms with E-state index >= 15 is 0 Å². The number of pyridine rings is 1. The van der Waals surface area contributed by atoms with E-state index in [0.717, 1.165) is 0 Å². The standard InChI is InChI=1S/C11H14N2O4/c1-11(2,17-3)10(16)13-8-7(9(14)15)5-4-6-12-8/h4-6H,1-3H3,(H,14,15)(H,12,13,16). The molecule has 1 rings (SSSR count). The second-order valence-electron chi connectivity index (χ2n) is 3.87. The van der Waals surface area contributed by atoms with E-state index in [-0.39, 0.29) is 11.4 Å². The van der Waals surface area contributed by atoms with Gasteiger partial charge in [-0.15, -0.1) is 0 Å². The summed E-state index contributed by atoms with van der Waals surface area (Å²) >= 11 is 0. The van der Waals surface area contributed by atoms with Crippen molar-refractivity contribution < 1.29 is 19.4 Å². The fourth-order valence-electron chi connectivity index (χ4n) is 1.03. The minimum absolute atomic E-state index is 0.00938. The van der Waals surface area contributed by atoms with Gasteiger partial charge in [0.25, 0.3) is 5.91 Å². The summed E-state index contributed by atoms with van der Waals surface area (Å²) in [4.78, 5) is 26.5. The second kappa shape index (κ2) is 4.92. The Morgan fingerprint density at radius 1 is 1.47 bits per heavy atom. The van der Waals surface area contributed by atoms with Crippen LogP contribution >= 0.6 is 0 Å². The minimum atomic E-state index is -1.15. The van der Waals surface area contributed by atoms with Gasteiger partial charge in [-0.05, 0) is 26.0 Å². The molecule has 0 unspecified atom stereocenters. The molecule has 0 fully saturated rings. The first kappa shape index (κ1) is 13.1. The Bertz CT molecular complexity index is 443. The molecule has 0 radical (unpaired) electrons. The molecule has 0 aliphatic rings. The summed E-state index contributed by atoms with van der Waals surface area (Å²) in [5, 5.41) is 11.3. The summed E-state index contributed by atoms with van der Waals surface area (Å²) < 4.78 is 4.98. The number of carboxylic acid groups (broad SMARTS) is 1. The topological polar surface area (TPSA) is 88.5 Å². The number of carbonyl (C=O) groups is 2. The fraction of sp³-hybridized carbons (Fsp3) is 0.364. The van der Waals surface area contributed by atoms with Crippen LogP contribution in [0.3, 0.4) is 0 Å². The zero-order valence-corrected chi connectivity index (χ0v) is 9.85. The maximum atomic E-state index is 11.8. The van der Waals surface area contributed by atoms with Crippen LogP contribution in [0.4, 0.5) is 5.82 Å². The number of carboxylic acids is 1. The highest BCUT2D eigenvalue weighted by atomic mass is 16.5. The Morgan fingerprint density at radius 2 is 2.12 bits per heavy atom. The minimum Gasteiger partial charge on any atom is -0.478 e. The van der Waals surface area contributed by atoms with Crippen molar-refractivity contribution in [3.8, 4) is 0 Å². The lowest BCUT2D eigenvalue weighted by Gasteiger charge is -2.21. The number of amides is 1. The van der Waals surface area contributed by atoms with Gasteiger partial charge in [0.05, 0.1) is 0 Å². The van der Waals surface area contributed by atoms with Gasteiger partial charge in [-0.1, -0.05) is 0 Å². The van der Waals surface area contributed by atoms with Crippen molar-refractivity contribution in [3.05, 3.63) is 23.9 Å². The van der Waals surface area contributed by atoms with Gasteiger partial charge in [0, 0.05) is 13.3 Å². The molecule has 0 aliphatic carbocycles. The van der Waals surface area contributed by atoms with E-state index in [2.05, 4.69) is 10.3 Å². The van der Waals surface area contributed by atoms with Gasteiger partial charge in [-0.25, -0.2) is 9.78 Å². The molecule has 0 atom stereocenters. The average Bonchev–Trinajstić information content (AvgIpc) is 2.29. The quantitative estimate of drug-likeness (QED) is 0.821. The number of rotatable bonds is 4. The summed E-state index contributed by atoms with van der Waals surface area (Å²) in [7, 11) is 1.40. The zero-order chi connectivity index (χ0) is 13.1. The normalized spacial score (nSPS) is 11.0. The van der Waals surface area contributed by atoms with E-state index in [9.17, 15) is 9.59 Å². The van der Waals surface area contributed by atoms with Gasteiger partial charge >= 0.3 is 5.97 Å². The van der Waals surface area contributed by atoms with Crippen molar-refractivity contribution >= 4 is 17.7 Å². The first-order chi connectivity index (χ1) is 7.88. The third-order valence-corrected chi connectivity index (χ3v) is 2.33. The number of methoxy groups -OCH3 is 1. The summed E-state index contributed by atoms with van der Waals surface area (Å²) in [6.07, 6.45) is 1.40. The predicted molar refractivity (Wildman–Crippen MR) is 60.9 cm³/mol. The molecule has 0 bridgehead atoms. The maximum Gasteiger partial charge on any atom is 0.339 e. The molecule has 1 amide bonds. The van der Waals surface area contributed by atoms with E-state index in [1.807, 2.05) is 0 Å². The van der Waals surface area contributed by atoms with Crippen molar-refractivity contribution in [2.75, 3.05) is 12.4 Å². The number of nitrogens with one attached hydrogen (secondary N) is 1. The van der Waals surface area contributed by atoms with Gasteiger partial charge in [-0.3, -0.25) is 4.79 Å². The molecule has 1 heterocycles. The number of hydrogen-bond donors (Lipinski definition) is 2. The summed E-state index contributed by atoms with van der Waals surface area (Å²) in [6, 6.07) is 2.85. The largest absolute Gasteiger partial charge is 0.478 e. The zero-order valence-electron chi connectivity index (χ0n) is 9.85. The van der Waals surface area contributed by atoms with Crippen LogP contribution in [0, 0.1) is 0 Å². The van der Waals surface area contributed by atoms with Crippen LogP contribution in [0.1, 0.15) is 24.2 Å². The first-order valence-electron chi connectivity index (χ1n) is 4.93. The third-order valence-electron chi connectivity index (χ3n) is 2.33. The molecule has 6 heteroatoms. The first-order valence-corrected chi connectivity index (χ1v) is 4.93. The average molecular weight is 238 g/mol. The number of aromatic carboxylic acids is 1. The summed E-state index contributed by atoms with van der Waals surface area (Å²) in [5.41, 5.74) is -1.11. The lowest BCUT2D eigenvalue weighted by molar-refractivity contribution is -0.133. The van der Waals surface area contributed by atoms with E-state index in [0.29, 0.717) is 0 Å². The van der Waals surface area contributed by atoms with E-state index < -0.39 is 17.5 Å². The predicted octanol–water partition coefficient (Wildman–Crippen LogP) is 1.14. The van der Waals surface area contributed by atoms with Gasteiger partial charge < -0.3 is 15.2 Å². The molecular weight excluding hydrogens is 224 g/mol. The number of ether oxygens (including phenoxy) is 1. The number of aromatic nitrogens is 1. The number of carbonyl (C=O) groups excluding carboxylic acids is 1. The molecule has 0 spiro atoms. The summed E-state index contributed by atoms with van der Waals surface area (Å²) in [6.45, 7) is 3.15. The van der Waals surface area contributed by atoms with Crippen molar-refractivity contribution in [2.45, 2.75) is 19.4 Å². The number of hydrogen-bond acceptors (Lipinski definition) is 4. The molecule has 1 aromatic rings. The molecule has 2 N–H and O–H groups in total.